The first-order valence-electron chi connectivity index (χ1n) is 9.02. The molecule has 0 saturated carbocycles. The first-order chi connectivity index (χ1) is 12.9. The Bertz CT molecular complexity index is 747. The predicted octanol–water partition coefficient (Wildman–Crippen LogP) is 1.61. The minimum atomic E-state index is -0.848. The van der Waals surface area contributed by atoms with Crippen molar-refractivity contribution in [2.75, 3.05) is 44.3 Å². The summed E-state index contributed by atoms with van der Waals surface area (Å²) in [6.07, 6.45) is 0.379. The molecule has 2 saturated heterocycles. The molecule has 2 fully saturated rings. The van der Waals surface area contributed by atoms with E-state index in [4.69, 9.17) is 4.74 Å². The standard InChI is InChI=1S/C18H23N3O6/c1-12-11-20(6-5-13(12)18(23)24)17(22)14-3-2-4-15(21(25)26)16(14)19-7-9-27-10-8-19/h2-4,12-13H,5-11H2,1H3,(H,23,24). The molecule has 3 rings (SSSR count). The number of nitrogens with zero attached hydrogens (tertiary/aromatic N) is 3. The fourth-order valence-corrected chi connectivity index (χ4v) is 3.84. The summed E-state index contributed by atoms with van der Waals surface area (Å²) in [6.45, 7) is 4.30. The van der Waals surface area contributed by atoms with Gasteiger partial charge >= 0.3 is 5.97 Å². The Hall–Kier alpha value is -2.68. The van der Waals surface area contributed by atoms with Crippen molar-refractivity contribution in [1.29, 1.82) is 0 Å². The Labute approximate surface area is 156 Å². The van der Waals surface area contributed by atoms with Crippen LogP contribution in [0, 0.1) is 22.0 Å². The van der Waals surface area contributed by atoms with E-state index >= 15 is 0 Å². The van der Waals surface area contributed by atoms with Crippen LogP contribution in [0.5, 0.6) is 0 Å². The molecular weight excluding hydrogens is 354 g/mol. The van der Waals surface area contributed by atoms with E-state index in [2.05, 4.69) is 0 Å². The van der Waals surface area contributed by atoms with E-state index in [1.54, 1.807) is 11.0 Å². The maximum Gasteiger partial charge on any atom is 0.306 e. The summed E-state index contributed by atoms with van der Waals surface area (Å²) in [5.74, 6) is -1.79. The van der Waals surface area contributed by atoms with Gasteiger partial charge in [-0.3, -0.25) is 19.7 Å². The van der Waals surface area contributed by atoms with Crippen LogP contribution >= 0.6 is 0 Å². The second-order valence-electron chi connectivity index (χ2n) is 6.99. The van der Waals surface area contributed by atoms with E-state index in [0.717, 1.165) is 0 Å². The number of morpholine rings is 1. The van der Waals surface area contributed by atoms with Crippen LogP contribution in [0.15, 0.2) is 18.2 Å². The van der Waals surface area contributed by atoms with Gasteiger partial charge in [-0.1, -0.05) is 13.0 Å². The number of amides is 1. The van der Waals surface area contributed by atoms with Gasteiger partial charge in [0.05, 0.1) is 29.6 Å². The lowest BCUT2D eigenvalue weighted by molar-refractivity contribution is -0.384. The van der Waals surface area contributed by atoms with Gasteiger partial charge in [-0.15, -0.1) is 0 Å². The van der Waals surface area contributed by atoms with Crippen LogP contribution in [0.4, 0.5) is 11.4 Å². The van der Waals surface area contributed by atoms with Gasteiger partial charge in [-0.25, -0.2) is 0 Å². The molecule has 9 heteroatoms. The van der Waals surface area contributed by atoms with E-state index < -0.39 is 16.8 Å². The smallest absolute Gasteiger partial charge is 0.306 e. The summed E-state index contributed by atoms with van der Waals surface area (Å²) in [5, 5.41) is 20.8. The molecule has 27 heavy (non-hydrogen) atoms. The zero-order chi connectivity index (χ0) is 19.6. The quantitative estimate of drug-likeness (QED) is 0.626. The number of carbonyl (C=O) groups excluding carboxylic acids is 1. The van der Waals surface area contributed by atoms with E-state index in [1.807, 2.05) is 11.8 Å². The highest BCUT2D eigenvalue weighted by atomic mass is 16.6. The van der Waals surface area contributed by atoms with Crippen LogP contribution < -0.4 is 4.90 Å². The van der Waals surface area contributed by atoms with Gasteiger partial charge in [-0.2, -0.15) is 0 Å². The molecule has 0 radical (unpaired) electrons. The number of hydrogen-bond donors (Lipinski definition) is 1. The summed E-state index contributed by atoms with van der Waals surface area (Å²) in [5.41, 5.74) is 0.507. The Kier molecular flexibility index (Phi) is 5.59. The normalized spacial score (nSPS) is 23.1. The van der Waals surface area contributed by atoms with Crippen LogP contribution in [0.25, 0.3) is 0 Å². The molecule has 146 valence electrons. The van der Waals surface area contributed by atoms with E-state index in [9.17, 15) is 24.8 Å². The molecule has 1 aromatic rings. The topological polar surface area (TPSA) is 113 Å². The minimum Gasteiger partial charge on any atom is -0.481 e. The molecule has 0 aromatic heterocycles. The minimum absolute atomic E-state index is 0.101. The molecule has 1 amide bonds. The molecule has 2 aliphatic heterocycles. The summed E-state index contributed by atoms with van der Waals surface area (Å²) in [4.78, 5) is 39.0. The lowest BCUT2D eigenvalue weighted by Gasteiger charge is -2.36. The Balaban J connectivity index is 1.91. The lowest BCUT2D eigenvalue weighted by atomic mass is 9.86. The predicted molar refractivity (Wildman–Crippen MR) is 96.9 cm³/mol. The molecule has 0 bridgehead atoms. The van der Waals surface area contributed by atoms with Crippen LogP contribution in [0.2, 0.25) is 0 Å². The largest absolute Gasteiger partial charge is 0.481 e. The number of nitro groups is 1. The van der Waals surface area contributed by atoms with Gasteiger partial charge in [0.2, 0.25) is 0 Å². The highest BCUT2D eigenvalue weighted by molar-refractivity contribution is 6.02. The average Bonchev–Trinajstić information content (AvgIpc) is 2.67. The molecule has 1 N–H and O–H groups in total. The van der Waals surface area contributed by atoms with Crippen LogP contribution in [0.1, 0.15) is 23.7 Å². The van der Waals surface area contributed by atoms with Crippen molar-refractivity contribution in [3.05, 3.63) is 33.9 Å². The molecule has 2 atom stereocenters. The van der Waals surface area contributed by atoms with Gasteiger partial charge in [0, 0.05) is 32.2 Å². The van der Waals surface area contributed by atoms with Crippen LogP contribution in [0.3, 0.4) is 0 Å². The second kappa shape index (κ2) is 7.91. The first-order valence-corrected chi connectivity index (χ1v) is 9.02. The second-order valence-corrected chi connectivity index (χ2v) is 6.99. The molecule has 0 aliphatic carbocycles. The number of rotatable bonds is 4. The monoisotopic (exact) mass is 377 g/mol. The highest BCUT2D eigenvalue weighted by Crippen LogP contribution is 2.34. The van der Waals surface area contributed by atoms with Gasteiger partial charge in [0.25, 0.3) is 11.6 Å². The van der Waals surface area contributed by atoms with E-state index in [0.29, 0.717) is 51.5 Å². The number of likely N-dealkylation sites (tertiary alicyclic amines) is 1. The maximum atomic E-state index is 13.2. The summed E-state index contributed by atoms with van der Waals surface area (Å²) in [7, 11) is 0. The number of hydrogen-bond acceptors (Lipinski definition) is 6. The molecule has 9 nitrogen and oxygen atoms in total. The number of carboxylic acids is 1. The molecule has 0 spiro atoms. The summed E-state index contributed by atoms with van der Waals surface area (Å²) in [6, 6.07) is 4.53. The SMILES string of the molecule is CC1CN(C(=O)c2cccc([N+](=O)[O-])c2N2CCOCC2)CCC1C(=O)O. The molecular formula is C18H23N3O6. The third kappa shape index (κ3) is 3.87. The highest BCUT2D eigenvalue weighted by Gasteiger charge is 2.35. The van der Waals surface area contributed by atoms with Gasteiger partial charge in [0.15, 0.2) is 0 Å². The number of ether oxygens (including phenoxy) is 1. The van der Waals surface area contributed by atoms with E-state index in [1.165, 1.54) is 12.1 Å². The number of carboxylic acid groups (broad SMARTS) is 1. The Morgan fingerprint density at radius 3 is 2.56 bits per heavy atom. The van der Waals surface area contributed by atoms with Crippen molar-refractivity contribution in [2.24, 2.45) is 11.8 Å². The fraction of sp³-hybridized carbons (Fsp3) is 0.556. The van der Waals surface area contributed by atoms with Crippen molar-refractivity contribution < 1.29 is 24.4 Å². The summed E-state index contributed by atoms with van der Waals surface area (Å²) >= 11 is 0. The van der Waals surface area contributed by atoms with Crippen molar-refractivity contribution in [2.45, 2.75) is 13.3 Å². The van der Waals surface area contributed by atoms with Gasteiger partial charge in [-0.05, 0) is 18.4 Å². The zero-order valence-electron chi connectivity index (χ0n) is 15.2. The number of carbonyl (C=O) groups is 2. The number of aliphatic carboxylic acids is 1. The zero-order valence-corrected chi connectivity index (χ0v) is 15.2. The Morgan fingerprint density at radius 1 is 1.26 bits per heavy atom. The average molecular weight is 377 g/mol. The lowest BCUT2D eigenvalue weighted by Crippen LogP contribution is -2.45. The fourth-order valence-electron chi connectivity index (χ4n) is 3.84. The summed E-state index contributed by atoms with van der Waals surface area (Å²) < 4.78 is 5.32. The van der Waals surface area contributed by atoms with Crippen LogP contribution in [-0.2, 0) is 9.53 Å². The van der Waals surface area contributed by atoms with E-state index in [-0.39, 0.29) is 23.1 Å². The number of anilines is 1. The molecule has 2 unspecified atom stereocenters. The molecule has 2 heterocycles. The number of nitro benzene ring substituents is 1. The number of benzene rings is 1. The maximum absolute atomic E-state index is 13.2. The first kappa shape index (κ1) is 19.1. The molecule has 1 aromatic carbocycles. The third-order valence-corrected chi connectivity index (χ3v) is 5.28. The number of piperidine rings is 1. The van der Waals surface area contributed by atoms with Crippen molar-refractivity contribution in [3.63, 3.8) is 0 Å². The van der Waals surface area contributed by atoms with Crippen LogP contribution in [-0.4, -0.2) is 66.2 Å². The van der Waals surface area contributed by atoms with Gasteiger partial charge < -0.3 is 19.6 Å². The number of para-hydroxylation sites is 1. The third-order valence-electron chi connectivity index (χ3n) is 5.28. The molecule has 2 aliphatic rings. The van der Waals surface area contributed by atoms with Crippen molar-refractivity contribution in [3.8, 4) is 0 Å². The van der Waals surface area contributed by atoms with Crippen molar-refractivity contribution >= 4 is 23.3 Å². The Morgan fingerprint density at radius 2 is 1.96 bits per heavy atom. The van der Waals surface area contributed by atoms with Crippen molar-refractivity contribution in [1.82, 2.24) is 4.90 Å². The van der Waals surface area contributed by atoms with Gasteiger partial charge in [0.1, 0.15) is 5.69 Å².